The van der Waals surface area contributed by atoms with Crippen molar-refractivity contribution in [2.24, 2.45) is 0 Å². The molecular formula is C36H29N. The van der Waals surface area contributed by atoms with E-state index in [2.05, 4.69) is 157 Å². The average molecular weight is 476 g/mol. The van der Waals surface area contributed by atoms with E-state index >= 15 is 0 Å². The minimum atomic E-state index is 0.831. The zero-order valence-corrected chi connectivity index (χ0v) is 21.0. The summed E-state index contributed by atoms with van der Waals surface area (Å²) in [4.78, 5) is 0. The molecule has 178 valence electrons. The molecule has 0 atom stereocenters. The molecule has 0 radical (unpaired) electrons. The molecule has 0 aliphatic heterocycles. The van der Waals surface area contributed by atoms with Crippen LogP contribution in [0.4, 0.5) is 0 Å². The van der Waals surface area contributed by atoms with Crippen LogP contribution in [0, 0.1) is 6.92 Å². The zero-order valence-electron chi connectivity index (χ0n) is 21.0. The van der Waals surface area contributed by atoms with Gasteiger partial charge >= 0.3 is 0 Å². The van der Waals surface area contributed by atoms with Crippen LogP contribution in [-0.2, 0) is 6.54 Å². The molecule has 0 N–H and O–H groups in total. The van der Waals surface area contributed by atoms with Gasteiger partial charge in [-0.1, -0.05) is 139 Å². The number of benzene rings is 5. The minimum absolute atomic E-state index is 0.831. The van der Waals surface area contributed by atoms with Gasteiger partial charge in [0.15, 0.2) is 0 Å². The van der Waals surface area contributed by atoms with Crippen molar-refractivity contribution < 1.29 is 0 Å². The fourth-order valence-electron chi connectivity index (χ4n) is 4.90. The number of hydrogen-bond donors (Lipinski definition) is 0. The lowest BCUT2D eigenvalue weighted by atomic mass is 10.1. The summed E-state index contributed by atoms with van der Waals surface area (Å²) in [5, 5.41) is 2.58. The van der Waals surface area contributed by atoms with Crippen LogP contribution in [-0.4, -0.2) is 4.57 Å². The van der Waals surface area contributed by atoms with Gasteiger partial charge in [-0.15, -0.1) is 0 Å². The summed E-state index contributed by atoms with van der Waals surface area (Å²) in [6, 6.07) is 43.5. The Morgan fingerprint density at radius 1 is 0.486 bits per heavy atom. The molecule has 5 aromatic carbocycles. The number of aromatic nitrogens is 1. The van der Waals surface area contributed by atoms with Crippen molar-refractivity contribution in [3.63, 3.8) is 0 Å². The SMILES string of the molecule is Cc1ccc(/C=C/c2ccc3c4ccc(/C=C/c5ccccc5)cc4n(Cc4ccccc4)c3c2)cc1. The Bertz CT molecular complexity index is 1720. The summed E-state index contributed by atoms with van der Waals surface area (Å²) in [5.41, 5.74) is 9.92. The van der Waals surface area contributed by atoms with E-state index in [4.69, 9.17) is 0 Å². The number of hydrogen-bond acceptors (Lipinski definition) is 0. The molecule has 1 heterocycles. The number of nitrogens with zero attached hydrogens (tertiary/aromatic N) is 1. The zero-order chi connectivity index (χ0) is 25.0. The second kappa shape index (κ2) is 10.2. The largest absolute Gasteiger partial charge is 0.336 e. The molecule has 37 heavy (non-hydrogen) atoms. The fraction of sp³-hybridized carbons (Fsp3) is 0.0556. The van der Waals surface area contributed by atoms with Crippen LogP contribution in [0.25, 0.3) is 46.1 Å². The van der Waals surface area contributed by atoms with E-state index in [1.807, 2.05) is 0 Å². The Balaban J connectivity index is 1.45. The van der Waals surface area contributed by atoms with Crippen LogP contribution >= 0.6 is 0 Å². The Morgan fingerprint density at radius 2 is 0.946 bits per heavy atom. The molecule has 0 saturated heterocycles. The second-order valence-electron chi connectivity index (χ2n) is 9.61. The Labute approximate surface area is 218 Å². The number of fused-ring (bicyclic) bond motifs is 3. The first kappa shape index (κ1) is 22.8. The highest BCUT2D eigenvalue weighted by Crippen LogP contribution is 2.32. The van der Waals surface area contributed by atoms with Crippen LogP contribution < -0.4 is 0 Å². The molecule has 6 rings (SSSR count). The molecule has 0 amide bonds. The molecule has 0 spiro atoms. The third-order valence-corrected chi connectivity index (χ3v) is 6.91. The lowest BCUT2D eigenvalue weighted by Crippen LogP contribution is -1.99. The van der Waals surface area contributed by atoms with Crippen molar-refractivity contribution in [1.82, 2.24) is 4.57 Å². The first-order chi connectivity index (χ1) is 18.2. The van der Waals surface area contributed by atoms with Crippen LogP contribution in [0.15, 0.2) is 121 Å². The van der Waals surface area contributed by atoms with Gasteiger partial charge in [0, 0.05) is 17.3 Å². The monoisotopic (exact) mass is 475 g/mol. The Morgan fingerprint density at radius 3 is 1.51 bits per heavy atom. The van der Waals surface area contributed by atoms with Crippen molar-refractivity contribution in [2.75, 3.05) is 0 Å². The van der Waals surface area contributed by atoms with Crippen molar-refractivity contribution in [3.05, 3.63) is 155 Å². The van der Waals surface area contributed by atoms with E-state index in [9.17, 15) is 0 Å². The maximum absolute atomic E-state index is 2.46. The van der Waals surface area contributed by atoms with E-state index in [1.165, 1.54) is 55.2 Å². The van der Waals surface area contributed by atoms with E-state index < -0.39 is 0 Å². The molecule has 0 fully saturated rings. The summed E-state index contributed by atoms with van der Waals surface area (Å²) >= 11 is 0. The number of aryl methyl sites for hydroxylation is 1. The van der Waals surface area contributed by atoms with E-state index in [-0.39, 0.29) is 0 Å². The normalized spacial score (nSPS) is 11.8. The van der Waals surface area contributed by atoms with E-state index in [0.29, 0.717) is 0 Å². The van der Waals surface area contributed by atoms with Gasteiger partial charge in [-0.25, -0.2) is 0 Å². The molecule has 1 aromatic heterocycles. The summed E-state index contributed by atoms with van der Waals surface area (Å²) in [6.07, 6.45) is 8.79. The number of rotatable bonds is 6. The van der Waals surface area contributed by atoms with Crippen molar-refractivity contribution in [1.29, 1.82) is 0 Å². The molecular weight excluding hydrogens is 446 g/mol. The van der Waals surface area contributed by atoms with E-state index in [0.717, 1.165) is 6.54 Å². The van der Waals surface area contributed by atoms with Gasteiger partial charge in [-0.05, 0) is 46.9 Å². The lowest BCUT2D eigenvalue weighted by Gasteiger charge is -2.09. The minimum Gasteiger partial charge on any atom is -0.336 e. The molecule has 1 nitrogen and oxygen atoms in total. The average Bonchev–Trinajstić information content (AvgIpc) is 3.24. The quantitative estimate of drug-likeness (QED) is 0.211. The predicted octanol–water partition coefficient (Wildman–Crippen LogP) is 9.49. The molecule has 1 heteroatoms. The highest BCUT2D eigenvalue weighted by molar-refractivity contribution is 6.09. The summed E-state index contributed by atoms with van der Waals surface area (Å²) in [6.45, 7) is 2.95. The van der Waals surface area contributed by atoms with Gasteiger partial charge in [0.05, 0.1) is 11.0 Å². The van der Waals surface area contributed by atoms with Crippen LogP contribution in [0.2, 0.25) is 0 Å². The van der Waals surface area contributed by atoms with Crippen LogP contribution in [0.3, 0.4) is 0 Å². The van der Waals surface area contributed by atoms with Crippen LogP contribution in [0.1, 0.15) is 33.4 Å². The first-order valence-corrected chi connectivity index (χ1v) is 12.8. The Kier molecular flexibility index (Phi) is 6.27. The summed E-state index contributed by atoms with van der Waals surface area (Å²) < 4.78 is 2.46. The van der Waals surface area contributed by atoms with E-state index in [1.54, 1.807) is 0 Å². The van der Waals surface area contributed by atoms with Gasteiger partial charge in [-0.2, -0.15) is 0 Å². The standard InChI is InChI=1S/C36H29N/c1-27-12-14-29(15-13-27)17-19-31-21-23-34-33-22-20-30(18-16-28-8-4-2-5-9-28)24-35(33)37(36(34)25-31)26-32-10-6-3-7-11-32/h2-25H,26H2,1H3/b18-16+,19-17+. The van der Waals surface area contributed by atoms with Crippen LogP contribution in [0.5, 0.6) is 0 Å². The predicted molar refractivity (Wildman–Crippen MR) is 160 cm³/mol. The third-order valence-electron chi connectivity index (χ3n) is 6.91. The molecule has 0 aliphatic carbocycles. The van der Waals surface area contributed by atoms with Gasteiger partial charge in [-0.3, -0.25) is 0 Å². The van der Waals surface area contributed by atoms with Crippen molar-refractivity contribution in [2.45, 2.75) is 13.5 Å². The van der Waals surface area contributed by atoms with Crippen molar-refractivity contribution in [3.8, 4) is 0 Å². The molecule has 0 bridgehead atoms. The first-order valence-electron chi connectivity index (χ1n) is 12.8. The second-order valence-corrected chi connectivity index (χ2v) is 9.61. The van der Waals surface area contributed by atoms with Gasteiger partial charge in [0.1, 0.15) is 0 Å². The molecule has 6 aromatic rings. The fourth-order valence-corrected chi connectivity index (χ4v) is 4.90. The van der Waals surface area contributed by atoms with Gasteiger partial charge in [0.25, 0.3) is 0 Å². The highest BCUT2D eigenvalue weighted by Gasteiger charge is 2.12. The maximum atomic E-state index is 2.46. The topological polar surface area (TPSA) is 4.93 Å². The summed E-state index contributed by atoms with van der Waals surface area (Å²) in [7, 11) is 0. The van der Waals surface area contributed by atoms with Gasteiger partial charge in [0.2, 0.25) is 0 Å². The maximum Gasteiger partial charge on any atom is 0.0500 e. The molecule has 0 saturated carbocycles. The van der Waals surface area contributed by atoms with Gasteiger partial charge < -0.3 is 4.57 Å². The highest BCUT2D eigenvalue weighted by atomic mass is 15.0. The lowest BCUT2D eigenvalue weighted by molar-refractivity contribution is 0.869. The third kappa shape index (κ3) is 5.03. The molecule has 0 aliphatic rings. The summed E-state index contributed by atoms with van der Waals surface area (Å²) in [5.74, 6) is 0. The smallest absolute Gasteiger partial charge is 0.0500 e. The Hall–Kier alpha value is -4.62. The van der Waals surface area contributed by atoms with Crippen molar-refractivity contribution >= 4 is 46.1 Å². The molecule has 0 unspecified atom stereocenters.